The summed E-state index contributed by atoms with van der Waals surface area (Å²) < 4.78 is 7.53. The Hall–Kier alpha value is -3.88. The van der Waals surface area contributed by atoms with Crippen LogP contribution in [0.25, 0.3) is 28.1 Å². The summed E-state index contributed by atoms with van der Waals surface area (Å²) in [6, 6.07) is 20.5. The molecule has 0 fully saturated rings. The van der Waals surface area contributed by atoms with Gasteiger partial charge in [0.05, 0.1) is 22.9 Å². The fourth-order valence-corrected chi connectivity index (χ4v) is 3.39. The normalized spacial score (nSPS) is 10.7. The molecule has 0 aliphatic heterocycles. The molecule has 33 heavy (non-hydrogen) atoms. The summed E-state index contributed by atoms with van der Waals surface area (Å²) >= 11 is 5.93. The molecule has 5 rings (SSSR count). The SMILES string of the molecule is Cl.N=C(N)c1ccc2nc(-c3ccc(OCc4cn(-c5ccc(Cl)cc5)nn4)cc3)[nH]c2c1. The van der Waals surface area contributed by atoms with Crippen molar-refractivity contribution in [2.45, 2.75) is 6.61 Å². The van der Waals surface area contributed by atoms with E-state index in [-0.39, 0.29) is 18.2 Å². The van der Waals surface area contributed by atoms with Crippen molar-refractivity contribution in [1.82, 2.24) is 25.0 Å². The molecule has 0 bridgehead atoms. The summed E-state index contributed by atoms with van der Waals surface area (Å²) in [6.45, 7) is 0.297. The summed E-state index contributed by atoms with van der Waals surface area (Å²) in [7, 11) is 0. The second kappa shape index (κ2) is 9.32. The van der Waals surface area contributed by atoms with Gasteiger partial charge in [0.15, 0.2) is 0 Å². The number of H-pyrrole nitrogens is 1. The van der Waals surface area contributed by atoms with Crippen LogP contribution in [-0.4, -0.2) is 30.8 Å². The van der Waals surface area contributed by atoms with E-state index in [9.17, 15) is 0 Å². The van der Waals surface area contributed by atoms with Crippen LogP contribution in [0, 0.1) is 5.41 Å². The standard InChI is InChI=1S/C23H18ClN7O.ClH/c24-16-4-6-18(7-5-16)31-12-17(29-30-31)13-32-19-8-1-14(2-9-19)23-27-20-10-3-15(22(25)26)11-21(20)28-23;/h1-12H,13H2,(H3,25,26)(H,27,28);1H. The van der Waals surface area contributed by atoms with Crippen molar-refractivity contribution >= 4 is 40.9 Å². The molecule has 0 radical (unpaired) electrons. The Kier molecular flexibility index (Phi) is 6.30. The molecule has 2 aromatic heterocycles. The molecule has 0 atom stereocenters. The first-order chi connectivity index (χ1) is 15.5. The minimum Gasteiger partial charge on any atom is -0.487 e. The van der Waals surface area contributed by atoms with Gasteiger partial charge in [-0.3, -0.25) is 5.41 Å². The molecular formula is C23H19Cl2N7O. The van der Waals surface area contributed by atoms with E-state index in [1.165, 1.54) is 0 Å². The molecule has 3 aromatic carbocycles. The predicted octanol–water partition coefficient (Wildman–Crippen LogP) is 4.75. The molecule has 166 valence electrons. The number of nitrogen functional groups attached to an aromatic ring is 1. The van der Waals surface area contributed by atoms with E-state index in [0.717, 1.165) is 28.1 Å². The quantitative estimate of drug-likeness (QED) is 0.240. The lowest BCUT2D eigenvalue weighted by Crippen LogP contribution is -2.10. The molecule has 0 saturated carbocycles. The van der Waals surface area contributed by atoms with E-state index in [0.29, 0.717) is 28.6 Å². The largest absolute Gasteiger partial charge is 0.487 e. The Balaban J connectivity index is 0.00000259. The lowest BCUT2D eigenvalue weighted by molar-refractivity contribution is 0.301. The highest BCUT2D eigenvalue weighted by molar-refractivity contribution is 6.30. The number of aromatic amines is 1. The van der Waals surface area contributed by atoms with Gasteiger partial charge in [0.25, 0.3) is 0 Å². The zero-order chi connectivity index (χ0) is 22.1. The number of nitrogens with two attached hydrogens (primary N) is 1. The second-order valence-corrected chi connectivity index (χ2v) is 7.61. The van der Waals surface area contributed by atoms with Gasteiger partial charge >= 0.3 is 0 Å². The van der Waals surface area contributed by atoms with Crippen LogP contribution in [0.1, 0.15) is 11.3 Å². The van der Waals surface area contributed by atoms with Crippen LogP contribution in [0.3, 0.4) is 0 Å². The number of benzene rings is 3. The maximum absolute atomic E-state index is 7.57. The molecule has 0 unspecified atom stereocenters. The third-order valence-corrected chi connectivity index (χ3v) is 5.19. The van der Waals surface area contributed by atoms with E-state index in [1.807, 2.05) is 54.7 Å². The van der Waals surface area contributed by atoms with Crippen LogP contribution in [-0.2, 0) is 6.61 Å². The Morgan fingerprint density at radius 3 is 2.55 bits per heavy atom. The zero-order valence-electron chi connectivity index (χ0n) is 17.2. The maximum Gasteiger partial charge on any atom is 0.138 e. The Bertz CT molecular complexity index is 1410. The minimum atomic E-state index is 0. The Morgan fingerprint density at radius 1 is 1.06 bits per heavy atom. The first-order valence-corrected chi connectivity index (χ1v) is 10.2. The van der Waals surface area contributed by atoms with Crippen molar-refractivity contribution < 1.29 is 4.74 Å². The molecule has 4 N–H and O–H groups in total. The topological polar surface area (TPSA) is 118 Å². The molecule has 0 aliphatic carbocycles. The van der Waals surface area contributed by atoms with Crippen molar-refractivity contribution in [3.8, 4) is 22.8 Å². The van der Waals surface area contributed by atoms with E-state index < -0.39 is 0 Å². The Labute approximate surface area is 200 Å². The maximum atomic E-state index is 7.57. The van der Waals surface area contributed by atoms with Crippen molar-refractivity contribution in [2.24, 2.45) is 5.73 Å². The van der Waals surface area contributed by atoms with Crippen molar-refractivity contribution in [2.75, 3.05) is 0 Å². The van der Waals surface area contributed by atoms with E-state index >= 15 is 0 Å². The molecule has 10 heteroatoms. The number of rotatable bonds is 6. The number of ether oxygens (including phenoxy) is 1. The molecule has 0 aliphatic rings. The number of imidazole rings is 1. The van der Waals surface area contributed by atoms with Crippen LogP contribution >= 0.6 is 24.0 Å². The number of hydrogen-bond acceptors (Lipinski definition) is 5. The predicted molar refractivity (Wildman–Crippen MR) is 130 cm³/mol. The monoisotopic (exact) mass is 479 g/mol. The number of halogens is 2. The molecule has 0 spiro atoms. The van der Waals surface area contributed by atoms with Crippen LogP contribution in [0.15, 0.2) is 72.9 Å². The Morgan fingerprint density at radius 2 is 1.82 bits per heavy atom. The van der Waals surface area contributed by atoms with Gasteiger partial charge < -0.3 is 15.5 Å². The molecule has 8 nitrogen and oxygen atoms in total. The summed E-state index contributed by atoms with van der Waals surface area (Å²) in [6.07, 6.45) is 1.82. The zero-order valence-corrected chi connectivity index (χ0v) is 18.8. The van der Waals surface area contributed by atoms with E-state index in [4.69, 9.17) is 27.5 Å². The molecule has 2 heterocycles. The number of aromatic nitrogens is 5. The average Bonchev–Trinajstić information content (AvgIpc) is 3.45. The fraction of sp³-hybridized carbons (Fsp3) is 0.0435. The highest BCUT2D eigenvalue weighted by Gasteiger charge is 2.08. The third kappa shape index (κ3) is 4.82. The van der Waals surface area contributed by atoms with Gasteiger partial charge in [0.2, 0.25) is 0 Å². The minimum absolute atomic E-state index is 0. The molecular weight excluding hydrogens is 461 g/mol. The van der Waals surface area contributed by atoms with Crippen LogP contribution < -0.4 is 10.5 Å². The number of hydrogen-bond donors (Lipinski definition) is 3. The number of amidine groups is 1. The highest BCUT2D eigenvalue weighted by Crippen LogP contribution is 2.24. The second-order valence-electron chi connectivity index (χ2n) is 7.17. The summed E-state index contributed by atoms with van der Waals surface area (Å²) in [4.78, 5) is 7.88. The van der Waals surface area contributed by atoms with Crippen LogP contribution in [0.4, 0.5) is 0 Å². The lowest BCUT2D eigenvalue weighted by atomic mass is 10.2. The van der Waals surface area contributed by atoms with Crippen molar-refractivity contribution in [3.05, 3.63) is 89.2 Å². The van der Waals surface area contributed by atoms with Gasteiger partial charge in [-0.2, -0.15) is 0 Å². The smallest absolute Gasteiger partial charge is 0.138 e. The molecule has 5 aromatic rings. The van der Waals surface area contributed by atoms with Gasteiger partial charge in [-0.1, -0.05) is 16.8 Å². The summed E-state index contributed by atoms with van der Waals surface area (Å²) in [5.74, 6) is 1.47. The fourth-order valence-electron chi connectivity index (χ4n) is 3.26. The first kappa shape index (κ1) is 22.3. The number of nitrogens with one attached hydrogen (secondary N) is 2. The van der Waals surface area contributed by atoms with E-state index in [1.54, 1.807) is 22.9 Å². The van der Waals surface area contributed by atoms with Crippen LogP contribution in [0.2, 0.25) is 5.02 Å². The highest BCUT2D eigenvalue weighted by atomic mass is 35.5. The van der Waals surface area contributed by atoms with Crippen LogP contribution in [0.5, 0.6) is 5.75 Å². The van der Waals surface area contributed by atoms with E-state index in [2.05, 4.69) is 20.3 Å². The molecule has 0 amide bonds. The summed E-state index contributed by atoms with van der Waals surface area (Å²) in [5.41, 5.74) is 10.4. The summed E-state index contributed by atoms with van der Waals surface area (Å²) in [5, 5.41) is 16.5. The van der Waals surface area contributed by atoms with Gasteiger partial charge in [0.1, 0.15) is 29.7 Å². The van der Waals surface area contributed by atoms with Crippen molar-refractivity contribution in [3.63, 3.8) is 0 Å². The van der Waals surface area contributed by atoms with Crippen molar-refractivity contribution in [1.29, 1.82) is 5.41 Å². The number of fused-ring (bicyclic) bond motifs is 1. The first-order valence-electron chi connectivity index (χ1n) is 9.80. The van der Waals surface area contributed by atoms with Gasteiger partial charge in [0, 0.05) is 16.1 Å². The van der Waals surface area contributed by atoms with Gasteiger partial charge in [-0.15, -0.1) is 17.5 Å². The number of nitrogens with zero attached hydrogens (tertiary/aromatic N) is 4. The molecule has 0 saturated heterocycles. The third-order valence-electron chi connectivity index (χ3n) is 4.94. The van der Waals surface area contributed by atoms with Gasteiger partial charge in [-0.25, -0.2) is 9.67 Å². The lowest BCUT2D eigenvalue weighted by Gasteiger charge is -2.04. The average molecular weight is 480 g/mol. The van der Waals surface area contributed by atoms with Gasteiger partial charge in [-0.05, 0) is 66.7 Å².